The van der Waals surface area contributed by atoms with Gasteiger partial charge in [-0.2, -0.15) is 0 Å². The van der Waals surface area contributed by atoms with Gasteiger partial charge in [-0.1, -0.05) is 6.07 Å². The Labute approximate surface area is 114 Å². The highest BCUT2D eigenvalue weighted by Crippen LogP contribution is 2.18. The summed E-state index contributed by atoms with van der Waals surface area (Å²) >= 11 is 0. The first-order valence-electron chi connectivity index (χ1n) is 6.92. The Morgan fingerprint density at radius 3 is 2.47 bits per heavy atom. The molecule has 19 heavy (non-hydrogen) atoms. The van der Waals surface area contributed by atoms with Gasteiger partial charge in [0.1, 0.15) is 11.6 Å². The van der Waals surface area contributed by atoms with E-state index in [0.717, 1.165) is 39.1 Å². The zero-order valence-electron chi connectivity index (χ0n) is 11.8. The second kappa shape index (κ2) is 6.44. The van der Waals surface area contributed by atoms with E-state index < -0.39 is 5.82 Å². The molecule has 1 aliphatic rings. The fraction of sp³-hybridized carbons (Fsp3) is 0.600. The second-order valence-corrected chi connectivity index (χ2v) is 5.41. The summed E-state index contributed by atoms with van der Waals surface area (Å²) in [7, 11) is 2.12. The van der Waals surface area contributed by atoms with E-state index in [9.17, 15) is 8.78 Å². The van der Waals surface area contributed by atoms with Crippen LogP contribution in [0.3, 0.4) is 0 Å². The Morgan fingerprint density at radius 1 is 1.11 bits per heavy atom. The summed E-state index contributed by atoms with van der Waals surface area (Å²) in [5.74, 6) is -0.792. The molecule has 106 valence electrons. The summed E-state index contributed by atoms with van der Waals surface area (Å²) in [4.78, 5) is 4.67. The highest BCUT2D eigenvalue weighted by Gasteiger charge is 2.15. The fourth-order valence-electron chi connectivity index (χ4n) is 2.49. The predicted molar refractivity (Wildman–Crippen MR) is 73.4 cm³/mol. The molecule has 0 unspecified atom stereocenters. The number of benzene rings is 1. The molecule has 1 heterocycles. The van der Waals surface area contributed by atoms with Gasteiger partial charge in [-0.25, -0.2) is 8.78 Å². The van der Waals surface area contributed by atoms with Gasteiger partial charge in [0.2, 0.25) is 0 Å². The predicted octanol–water partition coefficient (Wildman–Crippen LogP) is 2.45. The molecule has 0 saturated carbocycles. The number of halogens is 2. The quantitative estimate of drug-likeness (QED) is 0.827. The van der Waals surface area contributed by atoms with Crippen molar-refractivity contribution in [3.8, 4) is 0 Å². The lowest BCUT2D eigenvalue weighted by Gasteiger charge is -2.32. The Balaban J connectivity index is 1.84. The number of hydrogen-bond acceptors (Lipinski definition) is 2. The summed E-state index contributed by atoms with van der Waals surface area (Å²) in [6.07, 6.45) is 1.28. The normalized spacial score (nSPS) is 17.9. The average Bonchev–Trinajstić information content (AvgIpc) is 2.40. The lowest BCUT2D eigenvalue weighted by Crippen LogP contribution is -2.44. The van der Waals surface area contributed by atoms with Gasteiger partial charge in [-0.15, -0.1) is 0 Å². The molecule has 1 aliphatic heterocycles. The van der Waals surface area contributed by atoms with Gasteiger partial charge in [-0.3, -0.25) is 0 Å². The lowest BCUT2D eigenvalue weighted by atomic mass is 10.0. The Morgan fingerprint density at radius 2 is 1.79 bits per heavy atom. The molecule has 2 rings (SSSR count). The van der Waals surface area contributed by atoms with Crippen LogP contribution in [-0.2, 0) is 6.42 Å². The van der Waals surface area contributed by atoms with E-state index in [2.05, 4.69) is 16.8 Å². The van der Waals surface area contributed by atoms with Crippen LogP contribution >= 0.6 is 0 Å². The van der Waals surface area contributed by atoms with Crippen molar-refractivity contribution >= 4 is 0 Å². The zero-order chi connectivity index (χ0) is 13.8. The fourth-order valence-corrected chi connectivity index (χ4v) is 2.49. The van der Waals surface area contributed by atoms with E-state index in [4.69, 9.17) is 0 Å². The van der Waals surface area contributed by atoms with Crippen LogP contribution < -0.4 is 0 Å². The molecule has 0 bridgehead atoms. The Kier molecular flexibility index (Phi) is 4.88. The Bertz CT molecular complexity index is 426. The van der Waals surface area contributed by atoms with Crippen molar-refractivity contribution < 1.29 is 8.78 Å². The molecule has 0 aliphatic carbocycles. The Hall–Kier alpha value is -1.00. The van der Waals surface area contributed by atoms with Crippen LogP contribution in [0.15, 0.2) is 12.1 Å². The maximum absolute atomic E-state index is 13.8. The number of nitrogens with zero attached hydrogens (tertiary/aromatic N) is 2. The largest absolute Gasteiger partial charge is 0.304 e. The van der Waals surface area contributed by atoms with E-state index >= 15 is 0 Å². The lowest BCUT2D eigenvalue weighted by molar-refractivity contribution is 0.153. The molecule has 1 aromatic rings. The summed E-state index contributed by atoms with van der Waals surface area (Å²) in [5.41, 5.74) is 0.769. The van der Waals surface area contributed by atoms with Crippen LogP contribution in [0.4, 0.5) is 8.78 Å². The average molecular weight is 268 g/mol. The third-order valence-corrected chi connectivity index (χ3v) is 3.88. The topological polar surface area (TPSA) is 6.48 Å². The van der Waals surface area contributed by atoms with Crippen LogP contribution in [0.5, 0.6) is 0 Å². The van der Waals surface area contributed by atoms with Crippen LogP contribution in [0.1, 0.15) is 17.5 Å². The van der Waals surface area contributed by atoms with Gasteiger partial charge < -0.3 is 9.80 Å². The molecule has 0 radical (unpaired) electrons. The van der Waals surface area contributed by atoms with Crippen molar-refractivity contribution in [2.75, 3.05) is 39.8 Å². The molecule has 0 aromatic heterocycles. The van der Waals surface area contributed by atoms with Gasteiger partial charge >= 0.3 is 0 Å². The van der Waals surface area contributed by atoms with E-state index in [1.807, 2.05) is 0 Å². The smallest absolute Gasteiger partial charge is 0.132 e. The van der Waals surface area contributed by atoms with Crippen molar-refractivity contribution in [1.82, 2.24) is 9.80 Å². The molecule has 0 atom stereocenters. The van der Waals surface area contributed by atoms with Crippen LogP contribution in [-0.4, -0.2) is 49.6 Å². The van der Waals surface area contributed by atoms with Crippen LogP contribution in [0, 0.1) is 18.6 Å². The second-order valence-electron chi connectivity index (χ2n) is 5.41. The highest BCUT2D eigenvalue weighted by atomic mass is 19.1. The van der Waals surface area contributed by atoms with Crippen LogP contribution in [0.2, 0.25) is 0 Å². The minimum Gasteiger partial charge on any atom is -0.304 e. The van der Waals surface area contributed by atoms with Crippen molar-refractivity contribution in [3.63, 3.8) is 0 Å². The highest BCUT2D eigenvalue weighted by molar-refractivity contribution is 5.26. The van der Waals surface area contributed by atoms with E-state index in [0.29, 0.717) is 12.0 Å². The molecule has 0 amide bonds. The number of rotatable bonds is 4. The van der Waals surface area contributed by atoms with Gasteiger partial charge in [0.25, 0.3) is 0 Å². The zero-order valence-corrected chi connectivity index (χ0v) is 11.8. The van der Waals surface area contributed by atoms with Crippen molar-refractivity contribution in [3.05, 3.63) is 34.9 Å². The third-order valence-electron chi connectivity index (χ3n) is 3.88. The number of hydrogen-bond donors (Lipinski definition) is 0. The van der Waals surface area contributed by atoms with E-state index in [1.54, 1.807) is 6.92 Å². The van der Waals surface area contributed by atoms with Gasteiger partial charge in [0.05, 0.1) is 0 Å². The van der Waals surface area contributed by atoms with E-state index in [1.165, 1.54) is 12.1 Å². The number of piperazine rings is 1. The molecule has 0 spiro atoms. The van der Waals surface area contributed by atoms with Crippen LogP contribution in [0.25, 0.3) is 0 Å². The molecule has 4 heteroatoms. The molecule has 2 nitrogen and oxygen atoms in total. The first kappa shape index (κ1) is 14.4. The third kappa shape index (κ3) is 3.74. The maximum Gasteiger partial charge on any atom is 0.132 e. The standard InChI is InChI=1S/C15H22F2N2/c1-12-5-6-14(16)13(15(12)17)4-3-7-19-10-8-18(2)9-11-19/h5-6H,3-4,7-11H2,1-2H3. The molecule has 1 saturated heterocycles. The first-order valence-corrected chi connectivity index (χ1v) is 6.92. The molecule has 1 fully saturated rings. The summed E-state index contributed by atoms with van der Waals surface area (Å²) < 4.78 is 27.4. The SMILES string of the molecule is Cc1ccc(F)c(CCCN2CCN(C)CC2)c1F. The summed E-state index contributed by atoms with van der Waals surface area (Å²) in [6, 6.07) is 2.86. The van der Waals surface area contributed by atoms with Gasteiger partial charge in [-0.05, 0) is 45.0 Å². The van der Waals surface area contributed by atoms with Gasteiger partial charge in [0.15, 0.2) is 0 Å². The van der Waals surface area contributed by atoms with Crippen molar-refractivity contribution in [1.29, 1.82) is 0 Å². The molecule has 0 N–H and O–H groups in total. The minimum atomic E-state index is -0.415. The monoisotopic (exact) mass is 268 g/mol. The summed E-state index contributed by atoms with van der Waals surface area (Å²) in [6.45, 7) is 6.85. The summed E-state index contributed by atoms with van der Waals surface area (Å²) in [5, 5.41) is 0. The molecular formula is C15H22F2N2. The minimum absolute atomic E-state index is 0.245. The number of aryl methyl sites for hydroxylation is 1. The number of likely N-dealkylation sites (N-methyl/N-ethyl adjacent to an activating group) is 1. The first-order chi connectivity index (χ1) is 9.08. The van der Waals surface area contributed by atoms with Crippen molar-refractivity contribution in [2.45, 2.75) is 19.8 Å². The van der Waals surface area contributed by atoms with Crippen molar-refractivity contribution in [2.24, 2.45) is 0 Å². The molecular weight excluding hydrogens is 246 g/mol. The maximum atomic E-state index is 13.8. The van der Waals surface area contributed by atoms with Gasteiger partial charge in [0, 0.05) is 31.7 Å². The van der Waals surface area contributed by atoms with E-state index in [-0.39, 0.29) is 11.4 Å². The molecule has 1 aromatic carbocycles.